The van der Waals surface area contributed by atoms with Crippen LogP contribution in [-0.4, -0.2) is 55.0 Å². The van der Waals surface area contributed by atoms with Gasteiger partial charge < -0.3 is 9.80 Å². The van der Waals surface area contributed by atoms with Crippen LogP contribution in [0.3, 0.4) is 0 Å². The SMILES string of the molecule is O=C1C[C@H](CN2CCCN(Cc3ccc(F)cc3)CC2)CN1c1ccccc1. The summed E-state index contributed by atoms with van der Waals surface area (Å²) in [6, 6.07) is 16.8. The smallest absolute Gasteiger partial charge is 0.227 e. The van der Waals surface area contributed by atoms with Gasteiger partial charge in [-0.05, 0) is 55.3 Å². The molecule has 2 aliphatic rings. The number of rotatable bonds is 5. The third kappa shape index (κ3) is 4.78. The Morgan fingerprint density at radius 1 is 0.893 bits per heavy atom. The quantitative estimate of drug-likeness (QED) is 0.794. The lowest BCUT2D eigenvalue weighted by molar-refractivity contribution is -0.117. The number of carbonyl (C=O) groups excluding carboxylic acids is 1. The summed E-state index contributed by atoms with van der Waals surface area (Å²) in [4.78, 5) is 19.3. The van der Waals surface area contributed by atoms with Crippen LogP contribution in [0, 0.1) is 11.7 Å². The first-order valence-electron chi connectivity index (χ1n) is 10.2. The van der Waals surface area contributed by atoms with Gasteiger partial charge >= 0.3 is 0 Å². The molecular weight excluding hydrogens is 353 g/mol. The van der Waals surface area contributed by atoms with E-state index in [1.54, 1.807) is 0 Å². The number of para-hydroxylation sites is 1. The Kier molecular flexibility index (Phi) is 6.03. The normalized spacial score (nSPS) is 21.8. The molecule has 2 aromatic rings. The Hall–Kier alpha value is -2.24. The highest BCUT2D eigenvalue weighted by Crippen LogP contribution is 2.25. The van der Waals surface area contributed by atoms with E-state index in [2.05, 4.69) is 9.80 Å². The first-order chi connectivity index (χ1) is 13.7. The van der Waals surface area contributed by atoms with E-state index in [-0.39, 0.29) is 11.7 Å². The molecule has 28 heavy (non-hydrogen) atoms. The largest absolute Gasteiger partial charge is 0.312 e. The first-order valence-corrected chi connectivity index (χ1v) is 10.2. The van der Waals surface area contributed by atoms with Crippen LogP contribution in [0.4, 0.5) is 10.1 Å². The predicted molar refractivity (Wildman–Crippen MR) is 110 cm³/mol. The minimum absolute atomic E-state index is 0.179. The maximum absolute atomic E-state index is 13.1. The van der Waals surface area contributed by atoms with E-state index in [4.69, 9.17) is 0 Å². The number of carbonyl (C=O) groups is 1. The molecule has 2 aliphatic heterocycles. The van der Waals surface area contributed by atoms with Crippen LogP contribution >= 0.6 is 0 Å². The minimum atomic E-state index is -0.179. The van der Waals surface area contributed by atoms with Gasteiger partial charge in [0.1, 0.15) is 5.82 Å². The molecule has 5 heteroatoms. The molecule has 0 radical (unpaired) electrons. The highest BCUT2D eigenvalue weighted by atomic mass is 19.1. The fraction of sp³-hybridized carbons (Fsp3) is 0.435. The van der Waals surface area contributed by atoms with Crippen molar-refractivity contribution in [3.8, 4) is 0 Å². The van der Waals surface area contributed by atoms with Gasteiger partial charge in [-0.1, -0.05) is 30.3 Å². The van der Waals surface area contributed by atoms with Crippen molar-refractivity contribution in [3.05, 3.63) is 66.0 Å². The van der Waals surface area contributed by atoms with Gasteiger partial charge in [-0.15, -0.1) is 0 Å². The Morgan fingerprint density at radius 2 is 1.61 bits per heavy atom. The molecule has 0 spiro atoms. The van der Waals surface area contributed by atoms with E-state index in [0.717, 1.165) is 63.5 Å². The molecule has 0 aromatic heterocycles. The lowest BCUT2D eigenvalue weighted by Gasteiger charge is -2.24. The Morgan fingerprint density at radius 3 is 2.39 bits per heavy atom. The molecule has 148 valence electrons. The summed E-state index contributed by atoms with van der Waals surface area (Å²) in [5.41, 5.74) is 2.17. The molecule has 0 unspecified atom stereocenters. The van der Waals surface area contributed by atoms with Crippen molar-refractivity contribution in [3.63, 3.8) is 0 Å². The zero-order valence-corrected chi connectivity index (χ0v) is 16.3. The van der Waals surface area contributed by atoms with E-state index in [1.807, 2.05) is 47.4 Å². The van der Waals surface area contributed by atoms with Gasteiger partial charge in [0.05, 0.1) is 0 Å². The van der Waals surface area contributed by atoms with E-state index < -0.39 is 0 Å². The highest BCUT2D eigenvalue weighted by molar-refractivity contribution is 5.95. The van der Waals surface area contributed by atoms with Crippen LogP contribution in [-0.2, 0) is 11.3 Å². The molecule has 0 aliphatic carbocycles. The summed E-state index contributed by atoms with van der Waals surface area (Å²) in [6.45, 7) is 6.86. The van der Waals surface area contributed by atoms with Crippen molar-refractivity contribution in [2.75, 3.05) is 44.2 Å². The van der Waals surface area contributed by atoms with Gasteiger partial charge in [0.2, 0.25) is 5.91 Å². The Balaban J connectivity index is 1.28. The molecule has 0 N–H and O–H groups in total. The molecular formula is C23H28FN3O. The summed E-state index contributed by atoms with van der Waals surface area (Å²) in [5.74, 6) is 0.460. The number of amides is 1. The number of anilines is 1. The molecule has 2 heterocycles. The molecule has 4 rings (SSSR count). The number of nitrogens with zero attached hydrogens (tertiary/aromatic N) is 3. The van der Waals surface area contributed by atoms with E-state index >= 15 is 0 Å². The minimum Gasteiger partial charge on any atom is -0.312 e. The van der Waals surface area contributed by atoms with E-state index in [1.165, 1.54) is 12.1 Å². The molecule has 1 amide bonds. The molecule has 0 saturated carbocycles. The van der Waals surface area contributed by atoms with E-state index in [9.17, 15) is 9.18 Å². The van der Waals surface area contributed by atoms with Crippen molar-refractivity contribution in [1.82, 2.24) is 9.80 Å². The fourth-order valence-electron chi connectivity index (χ4n) is 4.34. The molecule has 2 fully saturated rings. The average molecular weight is 381 g/mol. The monoisotopic (exact) mass is 381 g/mol. The summed E-state index contributed by atoms with van der Waals surface area (Å²) in [5, 5.41) is 0. The number of hydrogen-bond donors (Lipinski definition) is 0. The van der Waals surface area contributed by atoms with Crippen LogP contribution in [0.1, 0.15) is 18.4 Å². The van der Waals surface area contributed by atoms with Crippen LogP contribution < -0.4 is 4.90 Å². The van der Waals surface area contributed by atoms with Gasteiger partial charge in [0, 0.05) is 44.8 Å². The summed E-state index contributed by atoms with van der Waals surface area (Å²) in [7, 11) is 0. The standard InChI is InChI=1S/C23H28FN3O/c24-21-9-7-19(8-10-21)16-25-11-4-12-26(14-13-25)17-20-15-23(28)27(18-20)22-5-2-1-3-6-22/h1-3,5-10,20H,4,11-18H2/t20-/m1/s1. The topological polar surface area (TPSA) is 26.8 Å². The second-order valence-corrected chi connectivity index (χ2v) is 7.97. The zero-order chi connectivity index (χ0) is 19.3. The second kappa shape index (κ2) is 8.84. The van der Waals surface area contributed by atoms with Crippen LogP contribution in [0.15, 0.2) is 54.6 Å². The molecule has 2 saturated heterocycles. The van der Waals surface area contributed by atoms with Crippen molar-refractivity contribution in [2.24, 2.45) is 5.92 Å². The first kappa shape index (κ1) is 19.1. The fourth-order valence-corrected chi connectivity index (χ4v) is 4.34. The second-order valence-electron chi connectivity index (χ2n) is 7.97. The average Bonchev–Trinajstić information content (AvgIpc) is 2.93. The Bertz CT molecular complexity index is 780. The van der Waals surface area contributed by atoms with Crippen LogP contribution in [0.2, 0.25) is 0 Å². The lowest BCUT2D eigenvalue weighted by Crippen LogP contribution is -2.34. The van der Waals surface area contributed by atoms with E-state index in [0.29, 0.717) is 12.3 Å². The van der Waals surface area contributed by atoms with Crippen molar-refractivity contribution < 1.29 is 9.18 Å². The number of hydrogen-bond acceptors (Lipinski definition) is 3. The zero-order valence-electron chi connectivity index (χ0n) is 16.3. The van der Waals surface area contributed by atoms with Gasteiger partial charge in [0.15, 0.2) is 0 Å². The molecule has 1 atom stereocenters. The van der Waals surface area contributed by atoms with Crippen molar-refractivity contribution in [1.29, 1.82) is 0 Å². The lowest BCUT2D eigenvalue weighted by atomic mass is 10.1. The predicted octanol–water partition coefficient (Wildman–Crippen LogP) is 3.39. The van der Waals surface area contributed by atoms with Crippen LogP contribution in [0.5, 0.6) is 0 Å². The van der Waals surface area contributed by atoms with Crippen molar-refractivity contribution >= 4 is 11.6 Å². The highest BCUT2D eigenvalue weighted by Gasteiger charge is 2.32. The number of halogens is 1. The third-order valence-corrected chi connectivity index (χ3v) is 5.79. The van der Waals surface area contributed by atoms with Gasteiger partial charge in [-0.25, -0.2) is 4.39 Å². The maximum atomic E-state index is 13.1. The van der Waals surface area contributed by atoms with Crippen LogP contribution in [0.25, 0.3) is 0 Å². The van der Waals surface area contributed by atoms with Gasteiger partial charge in [-0.3, -0.25) is 9.69 Å². The van der Waals surface area contributed by atoms with Crippen molar-refractivity contribution in [2.45, 2.75) is 19.4 Å². The number of benzene rings is 2. The summed E-state index contributed by atoms with van der Waals surface area (Å²) in [6.07, 6.45) is 1.77. The molecule has 0 bridgehead atoms. The summed E-state index contributed by atoms with van der Waals surface area (Å²) < 4.78 is 13.1. The molecule has 4 nitrogen and oxygen atoms in total. The summed E-state index contributed by atoms with van der Waals surface area (Å²) >= 11 is 0. The maximum Gasteiger partial charge on any atom is 0.227 e. The third-order valence-electron chi connectivity index (χ3n) is 5.79. The van der Waals surface area contributed by atoms with Gasteiger partial charge in [-0.2, -0.15) is 0 Å². The van der Waals surface area contributed by atoms with Gasteiger partial charge in [0.25, 0.3) is 0 Å². The Labute approximate surface area is 166 Å². The molecule has 2 aromatic carbocycles.